The van der Waals surface area contributed by atoms with Crippen LogP contribution in [0.15, 0.2) is 48.5 Å². The van der Waals surface area contributed by atoms with E-state index < -0.39 is 6.04 Å². The molecule has 3 rings (SSSR count). The van der Waals surface area contributed by atoms with Gasteiger partial charge in [0, 0.05) is 10.6 Å². The Balaban J connectivity index is 1.78. The first kappa shape index (κ1) is 15.5. The van der Waals surface area contributed by atoms with Gasteiger partial charge in [-0.2, -0.15) is 0 Å². The summed E-state index contributed by atoms with van der Waals surface area (Å²) >= 11 is 5.89. The van der Waals surface area contributed by atoms with Crippen molar-refractivity contribution in [3.63, 3.8) is 0 Å². The summed E-state index contributed by atoms with van der Waals surface area (Å²) in [4.78, 5) is 24.4. The van der Waals surface area contributed by atoms with E-state index in [4.69, 9.17) is 11.6 Å². The number of hydrazine groups is 1. The molecule has 6 heteroatoms. The van der Waals surface area contributed by atoms with Crippen LogP contribution >= 0.6 is 11.6 Å². The standard InChI is InChI=1S/C17H16ClN3O2/c1-10-2-4-12(5-3-10)16(22)19-15-14(20-21-17(15)23)11-6-8-13(18)9-7-11/h2-9,14-15,20H,1H3,(H,19,22)(H,21,23)/t14-,15+/m0/s1. The second-order valence-electron chi connectivity index (χ2n) is 5.48. The third kappa shape index (κ3) is 3.36. The number of benzene rings is 2. The van der Waals surface area contributed by atoms with Crippen molar-refractivity contribution < 1.29 is 9.59 Å². The molecule has 2 atom stereocenters. The Morgan fingerprint density at radius 1 is 1.09 bits per heavy atom. The lowest BCUT2D eigenvalue weighted by atomic mass is 10.0. The number of hydrogen-bond acceptors (Lipinski definition) is 3. The highest BCUT2D eigenvalue weighted by molar-refractivity contribution is 6.30. The number of aryl methyl sites for hydroxylation is 1. The van der Waals surface area contributed by atoms with E-state index in [-0.39, 0.29) is 17.9 Å². The van der Waals surface area contributed by atoms with Crippen molar-refractivity contribution in [2.75, 3.05) is 0 Å². The maximum atomic E-state index is 12.3. The number of carbonyl (C=O) groups excluding carboxylic acids is 2. The van der Waals surface area contributed by atoms with Crippen LogP contribution in [-0.2, 0) is 4.79 Å². The molecule has 3 N–H and O–H groups in total. The number of halogens is 1. The van der Waals surface area contributed by atoms with E-state index in [1.807, 2.05) is 31.2 Å². The lowest BCUT2D eigenvalue weighted by molar-refractivity contribution is -0.121. The predicted octanol–water partition coefficient (Wildman–Crippen LogP) is 2.12. The molecular formula is C17H16ClN3O2. The number of rotatable bonds is 3. The fraction of sp³-hybridized carbons (Fsp3) is 0.176. The third-order valence-electron chi connectivity index (χ3n) is 3.80. The molecule has 5 nitrogen and oxygen atoms in total. The minimum atomic E-state index is -0.690. The molecule has 118 valence electrons. The highest BCUT2D eigenvalue weighted by Gasteiger charge is 2.36. The number of carbonyl (C=O) groups is 2. The van der Waals surface area contributed by atoms with Gasteiger partial charge in [-0.15, -0.1) is 0 Å². The van der Waals surface area contributed by atoms with Crippen LogP contribution in [0.3, 0.4) is 0 Å². The van der Waals surface area contributed by atoms with Crippen LogP contribution in [-0.4, -0.2) is 17.9 Å². The first-order chi connectivity index (χ1) is 11.0. The Morgan fingerprint density at radius 3 is 2.39 bits per heavy atom. The van der Waals surface area contributed by atoms with Crippen LogP contribution in [0.4, 0.5) is 0 Å². The highest BCUT2D eigenvalue weighted by atomic mass is 35.5. The topological polar surface area (TPSA) is 70.2 Å². The molecule has 1 heterocycles. The highest BCUT2D eigenvalue weighted by Crippen LogP contribution is 2.22. The second-order valence-corrected chi connectivity index (χ2v) is 5.92. The molecule has 2 amide bonds. The predicted molar refractivity (Wildman–Crippen MR) is 87.9 cm³/mol. The van der Waals surface area contributed by atoms with Gasteiger partial charge in [0.15, 0.2) is 0 Å². The molecule has 2 aromatic rings. The van der Waals surface area contributed by atoms with Gasteiger partial charge in [-0.05, 0) is 36.8 Å². The molecule has 0 spiro atoms. The van der Waals surface area contributed by atoms with Crippen LogP contribution < -0.4 is 16.2 Å². The van der Waals surface area contributed by atoms with Crippen molar-refractivity contribution in [1.82, 2.24) is 16.2 Å². The van der Waals surface area contributed by atoms with E-state index in [1.54, 1.807) is 24.3 Å². The van der Waals surface area contributed by atoms with Gasteiger partial charge in [-0.25, -0.2) is 5.43 Å². The largest absolute Gasteiger partial charge is 0.338 e. The molecule has 1 aliphatic heterocycles. The molecular weight excluding hydrogens is 314 g/mol. The Hall–Kier alpha value is -2.37. The zero-order valence-corrected chi connectivity index (χ0v) is 13.2. The van der Waals surface area contributed by atoms with Crippen LogP contribution in [0, 0.1) is 6.92 Å². The maximum Gasteiger partial charge on any atom is 0.258 e. The summed E-state index contributed by atoms with van der Waals surface area (Å²) in [5, 5.41) is 3.40. The molecule has 0 saturated carbocycles. The summed E-state index contributed by atoms with van der Waals surface area (Å²) in [5.41, 5.74) is 7.91. The van der Waals surface area contributed by atoms with Crippen molar-refractivity contribution >= 4 is 23.4 Å². The van der Waals surface area contributed by atoms with Crippen molar-refractivity contribution in [2.24, 2.45) is 0 Å². The minimum Gasteiger partial charge on any atom is -0.338 e. The van der Waals surface area contributed by atoms with Crippen molar-refractivity contribution in [3.8, 4) is 0 Å². The first-order valence-corrected chi connectivity index (χ1v) is 7.61. The average Bonchev–Trinajstić information content (AvgIpc) is 2.90. The van der Waals surface area contributed by atoms with Gasteiger partial charge in [0.2, 0.25) is 0 Å². The van der Waals surface area contributed by atoms with Crippen LogP contribution in [0.5, 0.6) is 0 Å². The Morgan fingerprint density at radius 2 is 1.74 bits per heavy atom. The van der Waals surface area contributed by atoms with E-state index >= 15 is 0 Å². The Labute approximate surface area is 139 Å². The average molecular weight is 330 g/mol. The lowest BCUT2D eigenvalue weighted by Crippen LogP contribution is -2.42. The summed E-state index contributed by atoms with van der Waals surface area (Å²) < 4.78 is 0. The van der Waals surface area contributed by atoms with Crippen LogP contribution in [0.1, 0.15) is 27.5 Å². The molecule has 2 aromatic carbocycles. The van der Waals surface area contributed by atoms with Crippen LogP contribution in [0.25, 0.3) is 0 Å². The number of amides is 2. The summed E-state index contributed by atoms with van der Waals surface area (Å²) in [6.45, 7) is 1.95. The smallest absolute Gasteiger partial charge is 0.258 e. The molecule has 23 heavy (non-hydrogen) atoms. The van der Waals surface area contributed by atoms with E-state index in [0.717, 1.165) is 11.1 Å². The van der Waals surface area contributed by atoms with Crippen molar-refractivity contribution in [1.29, 1.82) is 0 Å². The quantitative estimate of drug-likeness (QED) is 0.808. The molecule has 0 aromatic heterocycles. The van der Waals surface area contributed by atoms with E-state index in [1.165, 1.54) is 0 Å². The van der Waals surface area contributed by atoms with Gasteiger partial charge >= 0.3 is 0 Å². The fourth-order valence-corrected chi connectivity index (χ4v) is 2.61. The molecule has 0 radical (unpaired) electrons. The van der Waals surface area contributed by atoms with Gasteiger partial charge in [0.05, 0.1) is 6.04 Å². The summed E-state index contributed by atoms with van der Waals surface area (Å²) in [7, 11) is 0. The second kappa shape index (κ2) is 6.40. The molecule has 0 bridgehead atoms. The SMILES string of the molecule is Cc1ccc(C(=O)N[C@H]2C(=O)NN[C@H]2c2ccc(Cl)cc2)cc1. The van der Waals surface area contributed by atoms with Crippen LogP contribution in [0.2, 0.25) is 5.02 Å². The maximum absolute atomic E-state index is 12.3. The summed E-state index contributed by atoms with van der Waals surface area (Å²) in [6, 6.07) is 13.3. The molecule has 1 fully saturated rings. The van der Waals surface area contributed by atoms with Crippen molar-refractivity contribution in [3.05, 3.63) is 70.2 Å². The Kier molecular flexibility index (Phi) is 4.32. The minimum absolute atomic E-state index is 0.273. The fourth-order valence-electron chi connectivity index (χ4n) is 2.49. The zero-order valence-electron chi connectivity index (χ0n) is 12.5. The normalized spacial score (nSPS) is 20.2. The third-order valence-corrected chi connectivity index (χ3v) is 4.05. The van der Waals surface area contributed by atoms with Crippen molar-refractivity contribution in [2.45, 2.75) is 19.0 Å². The Bertz CT molecular complexity index is 729. The van der Waals surface area contributed by atoms with E-state index in [0.29, 0.717) is 10.6 Å². The summed E-state index contributed by atoms with van der Waals surface area (Å²) in [6.07, 6.45) is 0. The van der Waals surface area contributed by atoms with E-state index in [9.17, 15) is 9.59 Å². The molecule has 0 unspecified atom stereocenters. The number of nitrogens with one attached hydrogen (secondary N) is 3. The van der Waals surface area contributed by atoms with Gasteiger partial charge in [0.1, 0.15) is 6.04 Å². The summed E-state index contributed by atoms with van der Waals surface area (Å²) in [5.74, 6) is -0.557. The van der Waals surface area contributed by atoms with Gasteiger partial charge in [-0.1, -0.05) is 41.4 Å². The molecule has 1 aliphatic rings. The van der Waals surface area contributed by atoms with Gasteiger partial charge < -0.3 is 5.32 Å². The monoisotopic (exact) mass is 329 g/mol. The number of hydrogen-bond donors (Lipinski definition) is 3. The molecule has 0 aliphatic carbocycles. The van der Waals surface area contributed by atoms with Gasteiger partial charge in [0.25, 0.3) is 11.8 Å². The first-order valence-electron chi connectivity index (χ1n) is 7.23. The molecule has 1 saturated heterocycles. The van der Waals surface area contributed by atoms with Gasteiger partial charge in [-0.3, -0.25) is 15.0 Å². The zero-order chi connectivity index (χ0) is 16.4. The van der Waals surface area contributed by atoms with E-state index in [2.05, 4.69) is 16.2 Å². The lowest BCUT2D eigenvalue weighted by Gasteiger charge is -2.18.